The van der Waals surface area contributed by atoms with Gasteiger partial charge in [-0.05, 0) is 36.5 Å². The summed E-state index contributed by atoms with van der Waals surface area (Å²) in [5, 5.41) is 9.93. The van der Waals surface area contributed by atoms with E-state index in [1.54, 1.807) is 7.11 Å². The summed E-state index contributed by atoms with van der Waals surface area (Å²) in [6.07, 6.45) is 1.65. The van der Waals surface area contributed by atoms with Gasteiger partial charge >= 0.3 is 0 Å². The monoisotopic (exact) mass is 252 g/mol. The van der Waals surface area contributed by atoms with Gasteiger partial charge in [-0.15, -0.1) is 0 Å². The fraction of sp³-hybridized carbons (Fsp3) is 0.600. The van der Waals surface area contributed by atoms with E-state index in [2.05, 4.69) is 13.8 Å². The Hall–Kier alpha value is -1.06. The Morgan fingerprint density at radius 1 is 1.17 bits per heavy atom. The molecule has 1 rings (SSSR count). The van der Waals surface area contributed by atoms with Crippen LogP contribution in [0, 0.1) is 5.92 Å². The SMILES string of the molecule is COc1ccc(C(O)COCCCC(C)C)cc1. The third kappa shape index (κ3) is 5.52. The fourth-order valence-corrected chi connectivity index (χ4v) is 1.71. The first kappa shape index (κ1) is 15.0. The van der Waals surface area contributed by atoms with Crippen LogP contribution in [0.2, 0.25) is 0 Å². The van der Waals surface area contributed by atoms with Crippen LogP contribution in [0.1, 0.15) is 38.4 Å². The van der Waals surface area contributed by atoms with E-state index in [1.165, 1.54) is 6.42 Å². The van der Waals surface area contributed by atoms with Crippen molar-refractivity contribution in [3.63, 3.8) is 0 Å². The van der Waals surface area contributed by atoms with Crippen LogP contribution >= 0.6 is 0 Å². The Labute approximate surface area is 110 Å². The number of hydrogen-bond donors (Lipinski definition) is 1. The van der Waals surface area contributed by atoms with Crippen molar-refractivity contribution in [2.45, 2.75) is 32.8 Å². The van der Waals surface area contributed by atoms with Crippen molar-refractivity contribution in [2.24, 2.45) is 5.92 Å². The van der Waals surface area contributed by atoms with Gasteiger partial charge in [0.05, 0.1) is 13.7 Å². The van der Waals surface area contributed by atoms with Crippen LogP contribution in [0.3, 0.4) is 0 Å². The summed E-state index contributed by atoms with van der Waals surface area (Å²) in [5.74, 6) is 1.50. The van der Waals surface area contributed by atoms with Crippen molar-refractivity contribution >= 4 is 0 Å². The van der Waals surface area contributed by atoms with Crippen LogP contribution in [0.5, 0.6) is 5.75 Å². The van der Waals surface area contributed by atoms with Crippen LogP contribution in [-0.2, 0) is 4.74 Å². The van der Waals surface area contributed by atoms with Crippen molar-refractivity contribution in [3.8, 4) is 5.75 Å². The highest BCUT2D eigenvalue weighted by Gasteiger charge is 2.07. The molecule has 0 radical (unpaired) electrons. The van der Waals surface area contributed by atoms with Gasteiger partial charge in [0.2, 0.25) is 0 Å². The lowest BCUT2D eigenvalue weighted by atomic mass is 10.1. The lowest BCUT2D eigenvalue weighted by Gasteiger charge is -2.12. The lowest BCUT2D eigenvalue weighted by Crippen LogP contribution is -2.08. The second kappa shape index (κ2) is 8.11. The molecule has 0 bridgehead atoms. The molecule has 0 saturated carbocycles. The average molecular weight is 252 g/mol. The first-order valence-electron chi connectivity index (χ1n) is 6.53. The molecule has 0 saturated heterocycles. The molecule has 1 N–H and O–H groups in total. The van der Waals surface area contributed by atoms with Crippen LogP contribution in [0.15, 0.2) is 24.3 Å². The minimum Gasteiger partial charge on any atom is -0.497 e. The van der Waals surface area contributed by atoms with E-state index in [9.17, 15) is 5.11 Å². The Morgan fingerprint density at radius 2 is 1.83 bits per heavy atom. The number of benzene rings is 1. The van der Waals surface area contributed by atoms with Crippen molar-refractivity contribution in [3.05, 3.63) is 29.8 Å². The normalized spacial score (nSPS) is 12.7. The summed E-state index contributed by atoms with van der Waals surface area (Å²) in [5.41, 5.74) is 0.861. The number of methoxy groups -OCH3 is 1. The zero-order chi connectivity index (χ0) is 13.4. The van der Waals surface area contributed by atoms with E-state index in [0.717, 1.165) is 17.7 Å². The van der Waals surface area contributed by atoms with Gasteiger partial charge in [-0.1, -0.05) is 26.0 Å². The Morgan fingerprint density at radius 3 is 2.39 bits per heavy atom. The van der Waals surface area contributed by atoms with Gasteiger partial charge in [0.1, 0.15) is 11.9 Å². The van der Waals surface area contributed by atoms with Gasteiger partial charge in [0.15, 0.2) is 0 Å². The summed E-state index contributed by atoms with van der Waals surface area (Å²) < 4.78 is 10.5. The summed E-state index contributed by atoms with van der Waals surface area (Å²) in [6, 6.07) is 7.41. The van der Waals surface area contributed by atoms with Crippen molar-refractivity contribution in [2.75, 3.05) is 20.3 Å². The molecule has 1 aromatic carbocycles. The van der Waals surface area contributed by atoms with E-state index in [0.29, 0.717) is 19.1 Å². The summed E-state index contributed by atoms with van der Waals surface area (Å²) in [7, 11) is 1.63. The molecule has 0 aliphatic carbocycles. The fourth-order valence-electron chi connectivity index (χ4n) is 1.71. The molecular weight excluding hydrogens is 228 g/mol. The molecular formula is C15H24O3. The van der Waals surface area contributed by atoms with Crippen LogP contribution in [0.4, 0.5) is 0 Å². The molecule has 1 aromatic rings. The topological polar surface area (TPSA) is 38.7 Å². The number of rotatable bonds is 8. The standard InChI is InChI=1S/C15H24O3/c1-12(2)5-4-10-18-11-15(16)13-6-8-14(17-3)9-7-13/h6-9,12,15-16H,4-5,10-11H2,1-3H3. The van der Waals surface area contributed by atoms with Crippen molar-refractivity contribution in [1.29, 1.82) is 0 Å². The molecule has 102 valence electrons. The second-order valence-corrected chi connectivity index (χ2v) is 4.90. The quantitative estimate of drug-likeness (QED) is 0.722. The maximum absolute atomic E-state index is 9.93. The number of aliphatic hydroxyl groups excluding tert-OH is 1. The first-order chi connectivity index (χ1) is 8.63. The second-order valence-electron chi connectivity index (χ2n) is 4.90. The molecule has 0 aliphatic heterocycles. The summed E-state index contributed by atoms with van der Waals surface area (Å²) in [4.78, 5) is 0. The highest BCUT2D eigenvalue weighted by atomic mass is 16.5. The number of ether oxygens (including phenoxy) is 2. The van der Waals surface area contributed by atoms with Crippen molar-refractivity contribution in [1.82, 2.24) is 0 Å². The van der Waals surface area contributed by atoms with E-state index < -0.39 is 6.10 Å². The predicted molar refractivity (Wildman–Crippen MR) is 72.8 cm³/mol. The van der Waals surface area contributed by atoms with Gasteiger partial charge in [0.25, 0.3) is 0 Å². The molecule has 18 heavy (non-hydrogen) atoms. The van der Waals surface area contributed by atoms with Crippen LogP contribution < -0.4 is 4.74 Å². The van der Waals surface area contributed by atoms with Crippen molar-refractivity contribution < 1.29 is 14.6 Å². The van der Waals surface area contributed by atoms with Gasteiger partial charge in [-0.2, -0.15) is 0 Å². The largest absolute Gasteiger partial charge is 0.497 e. The Kier molecular flexibility index (Phi) is 6.76. The molecule has 0 heterocycles. The lowest BCUT2D eigenvalue weighted by molar-refractivity contribution is 0.0337. The maximum atomic E-state index is 9.93. The third-order valence-electron chi connectivity index (χ3n) is 2.85. The molecule has 0 fully saturated rings. The predicted octanol–water partition coefficient (Wildman–Crippen LogP) is 3.18. The summed E-state index contributed by atoms with van der Waals surface area (Å²) >= 11 is 0. The minimum absolute atomic E-state index is 0.352. The van der Waals surface area contributed by atoms with E-state index in [4.69, 9.17) is 9.47 Å². The van der Waals surface area contributed by atoms with Crippen LogP contribution in [0.25, 0.3) is 0 Å². The van der Waals surface area contributed by atoms with E-state index in [-0.39, 0.29) is 0 Å². The summed E-state index contributed by atoms with van der Waals surface area (Å²) in [6.45, 7) is 5.47. The van der Waals surface area contributed by atoms with Gasteiger partial charge < -0.3 is 14.6 Å². The molecule has 0 amide bonds. The highest BCUT2D eigenvalue weighted by Crippen LogP contribution is 2.17. The average Bonchev–Trinajstić information content (AvgIpc) is 2.38. The highest BCUT2D eigenvalue weighted by molar-refractivity contribution is 5.28. The molecule has 0 aliphatic rings. The van der Waals surface area contributed by atoms with E-state index >= 15 is 0 Å². The molecule has 3 heteroatoms. The van der Waals surface area contributed by atoms with Gasteiger partial charge in [-0.3, -0.25) is 0 Å². The first-order valence-corrected chi connectivity index (χ1v) is 6.53. The Balaban J connectivity index is 2.25. The molecule has 0 spiro atoms. The van der Waals surface area contributed by atoms with Gasteiger partial charge in [-0.25, -0.2) is 0 Å². The van der Waals surface area contributed by atoms with Gasteiger partial charge in [0, 0.05) is 6.61 Å². The minimum atomic E-state index is -0.560. The smallest absolute Gasteiger partial charge is 0.118 e. The molecule has 0 aromatic heterocycles. The zero-order valence-corrected chi connectivity index (χ0v) is 11.6. The van der Waals surface area contributed by atoms with Crippen LogP contribution in [-0.4, -0.2) is 25.4 Å². The third-order valence-corrected chi connectivity index (χ3v) is 2.85. The zero-order valence-electron chi connectivity index (χ0n) is 11.6. The number of hydrogen-bond acceptors (Lipinski definition) is 3. The van der Waals surface area contributed by atoms with E-state index in [1.807, 2.05) is 24.3 Å². The Bertz CT molecular complexity index is 319. The number of aliphatic hydroxyl groups is 1. The molecule has 1 unspecified atom stereocenters. The maximum Gasteiger partial charge on any atom is 0.118 e. The molecule has 3 nitrogen and oxygen atoms in total. The molecule has 1 atom stereocenters.